The van der Waals surface area contributed by atoms with Crippen molar-refractivity contribution in [3.8, 4) is 16.9 Å². The van der Waals surface area contributed by atoms with Crippen LogP contribution in [0.4, 0.5) is 0 Å². The van der Waals surface area contributed by atoms with Crippen molar-refractivity contribution in [3.63, 3.8) is 0 Å². The highest BCUT2D eigenvalue weighted by Gasteiger charge is 2.20. The van der Waals surface area contributed by atoms with Gasteiger partial charge < -0.3 is 15.2 Å². The maximum absolute atomic E-state index is 11.7. The molecular formula is C20H25NO3. The first-order chi connectivity index (χ1) is 11.5. The van der Waals surface area contributed by atoms with Crippen molar-refractivity contribution in [2.75, 3.05) is 13.7 Å². The van der Waals surface area contributed by atoms with Crippen LogP contribution in [0.3, 0.4) is 0 Å². The summed E-state index contributed by atoms with van der Waals surface area (Å²) in [6.45, 7) is 6.24. The van der Waals surface area contributed by atoms with Crippen LogP contribution in [-0.2, 0) is 9.53 Å². The Balaban J connectivity index is 2.48. The first kappa shape index (κ1) is 18.0. The molecule has 4 heteroatoms. The number of esters is 1. The fraction of sp³-hybridized carbons (Fsp3) is 0.350. The van der Waals surface area contributed by atoms with Gasteiger partial charge in [0.1, 0.15) is 5.75 Å². The van der Waals surface area contributed by atoms with Crippen LogP contribution in [0, 0.1) is 13.8 Å². The van der Waals surface area contributed by atoms with Gasteiger partial charge in [0.15, 0.2) is 0 Å². The lowest BCUT2D eigenvalue weighted by atomic mass is 9.89. The van der Waals surface area contributed by atoms with Gasteiger partial charge in [0.25, 0.3) is 0 Å². The number of benzene rings is 2. The highest BCUT2D eigenvalue weighted by Crippen LogP contribution is 2.38. The molecule has 2 aromatic carbocycles. The van der Waals surface area contributed by atoms with Gasteiger partial charge >= 0.3 is 5.97 Å². The number of carbonyl (C=O) groups is 1. The molecule has 1 atom stereocenters. The molecule has 0 saturated carbocycles. The SMILES string of the molecule is CCOC(=O)CC(N)c1ccc(OC)c(-c2ccccc2C)c1C. The van der Waals surface area contributed by atoms with Crippen molar-refractivity contribution in [1.29, 1.82) is 0 Å². The summed E-state index contributed by atoms with van der Waals surface area (Å²) < 4.78 is 10.6. The lowest BCUT2D eigenvalue weighted by Crippen LogP contribution is -2.18. The van der Waals surface area contributed by atoms with Gasteiger partial charge in [-0.3, -0.25) is 4.79 Å². The summed E-state index contributed by atoms with van der Waals surface area (Å²) in [6, 6.07) is 11.6. The third-order valence-corrected chi connectivity index (χ3v) is 4.19. The number of aryl methyl sites for hydroxylation is 1. The fourth-order valence-electron chi connectivity index (χ4n) is 2.97. The summed E-state index contributed by atoms with van der Waals surface area (Å²) in [6.07, 6.45) is 0.161. The number of nitrogens with two attached hydrogens (primary N) is 1. The minimum absolute atomic E-state index is 0.161. The number of carbonyl (C=O) groups excluding carboxylic acids is 1. The van der Waals surface area contributed by atoms with E-state index in [4.69, 9.17) is 15.2 Å². The number of hydrogen-bond donors (Lipinski definition) is 1. The molecule has 0 aliphatic heterocycles. The minimum atomic E-state index is -0.405. The summed E-state index contributed by atoms with van der Waals surface area (Å²) in [5, 5.41) is 0. The average Bonchev–Trinajstić information content (AvgIpc) is 2.55. The Hall–Kier alpha value is -2.33. The van der Waals surface area contributed by atoms with Gasteiger partial charge in [0.05, 0.1) is 20.1 Å². The van der Waals surface area contributed by atoms with E-state index in [1.165, 1.54) is 0 Å². The normalized spacial score (nSPS) is 11.9. The molecule has 0 heterocycles. The van der Waals surface area contributed by atoms with E-state index >= 15 is 0 Å². The number of ether oxygens (including phenoxy) is 2. The molecule has 0 bridgehead atoms. The Labute approximate surface area is 143 Å². The second-order valence-electron chi connectivity index (χ2n) is 5.79. The molecule has 2 rings (SSSR count). The van der Waals surface area contributed by atoms with Crippen LogP contribution in [0.25, 0.3) is 11.1 Å². The molecule has 4 nitrogen and oxygen atoms in total. The Morgan fingerprint density at radius 2 is 1.88 bits per heavy atom. The maximum atomic E-state index is 11.7. The lowest BCUT2D eigenvalue weighted by molar-refractivity contribution is -0.143. The molecular weight excluding hydrogens is 302 g/mol. The Morgan fingerprint density at radius 1 is 1.17 bits per heavy atom. The van der Waals surface area contributed by atoms with Crippen molar-refractivity contribution in [1.82, 2.24) is 0 Å². The third-order valence-electron chi connectivity index (χ3n) is 4.19. The average molecular weight is 327 g/mol. The third kappa shape index (κ3) is 3.77. The maximum Gasteiger partial charge on any atom is 0.307 e. The first-order valence-electron chi connectivity index (χ1n) is 8.14. The number of rotatable bonds is 6. The molecule has 0 aromatic heterocycles. The zero-order valence-corrected chi connectivity index (χ0v) is 14.8. The number of methoxy groups -OCH3 is 1. The second kappa shape index (κ2) is 7.97. The van der Waals surface area contributed by atoms with E-state index in [2.05, 4.69) is 19.1 Å². The Kier molecular flexibility index (Phi) is 5.99. The molecule has 2 aromatic rings. The molecule has 1 unspecified atom stereocenters. The van der Waals surface area contributed by atoms with E-state index in [-0.39, 0.29) is 12.4 Å². The lowest BCUT2D eigenvalue weighted by Gasteiger charge is -2.20. The van der Waals surface area contributed by atoms with Gasteiger partial charge in [0.2, 0.25) is 0 Å². The van der Waals surface area contributed by atoms with Crippen molar-refractivity contribution in [3.05, 3.63) is 53.1 Å². The Bertz CT molecular complexity index is 725. The summed E-state index contributed by atoms with van der Waals surface area (Å²) in [4.78, 5) is 11.7. The Morgan fingerprint density at radius 3 is 2.50 bits per heavy atom. The van der Waals surface area contributed by atoms with E-state index in [0.29, 0.717) is 6.61 Å². The van der Waals surface area contributed by atoms with Crippen LogP contribution in [0.2, 0.25) is 0 Å². The molecule has 0 amide bonds. The van der Waals surface area contributed by atoms with Crippen LogP contribution in [-0.4, -0.2) is 19.7 Å². The summed E-state index contributed by atoms with van der Waals surface area (Å²) >= 11 is 0. The molecule has 0 saturated heterocycles. The van der Waals surface area contributed by atoms with Crippen LogP contribution in [0.1, 0.15) is 36.1 Å². The number of hydrogen-bond acceptors (Lipinski definition) is 4. The van der Waals surface area contributed by atoms with Crippen LogP contribution in [0.15, 0.2) is 36.4 Å². The first-order valence-corrected chi connectivity index (χ1v) is 8.14. The van der Waals surface area contributed by atoms with Crippen molar-refractivity contribution >= 4 is 5.97 Å². The van der Waals surface area contributed by atoms with E-state index in [1.807, 2.05) is 31.2 Å². The molecule has 0 radical (unpaired) electrons. The van der Waals surface area contributed by atoms with Gasteiger partial charge in [-0.15, -0.1) is 0 Å². The zero-order valence-electron chi connectivity index (χ0n) is 14.8. The molecule has 128 valence electrons. The van der Waals surface area contributed by atoms with Crippen LogP contribution < -0.4 is 10.5 Å². The van der Waals surface area contributed by atoms with Gasteiger partial charge in [-0.25, -0.2) is 0 Å². The fourth-order valence-corrected chi connectivity index (χ4v) is 2.97. The standard InChI is InChI=1S/C20H25NO3/c1-5-24-19(22)12-17(21)16-10-11-18(23-4)20(14(16)3)15-9-7-6-8-13(15)2/h6-11,17H,5,12,21H2,1-4H3. The van der Waals surface area contributed by atoms with Crippen LogP contribution >= 0.6 is 0 Å². The molecule has 0 aliphatic carbocycles. The van der Waals surface area contributed by atoms with Gasteiger partial charge in [0, 0.05) is 11.6 Å². The van der Waals surface area contributed by atoms with Crippen molar-refractivity contribution in [2.45, 2.75) is 33.2 Å². The van der Waals surface area contributed by atoms with Crippen molar-refractivity contribution < 1.29 is 14.3 Å². The van der Waals surface area contributed by atoms with E-state index in [1.54, 1.807) is 14.0 Å². The van der Waals surface area contributed by atoms with Gasteiger partial charge in [-0.2, -0.15) is 0 Å². The highest BCUT2D eigenvalue weighted by atomic mass is 16.5. The molecule has 0 spiro atoms. The predicted molar refractivity (Wildman–Crippen MR) is 96.1 cm³/mol. The van der Waals surface area contributed by atoms with Gasteiger partial charge in [-0.1, -0.05) is 30.3 Å². The summed E-state index contributed by atoms with van der Waals surface area (Å²) in [7, 11) is 1.66. The molecule has 0 fully saturated rings. The smallest absolute Gasteiger partial charge is 0.307 e. The van der Waals surface area contributed by atoms with Crippen LogP contribution in [0.5, 0.6) is 5.75 Å². The second-order valence-corrected chi connectivity index (χ2v) is 5.79. The zero-order chi connectivity index (χ0) is 17.7. The van der Waals surface area contributed by atoms with E-state index < -0.39 is 6.04 Å². The van der Waals surface area contributed by atoms with E-state index in [9.17, 15) is 4.79 Å². The molecule has 0 aliphatic rings. The highest BCUT2D eigenvalue weighted by molar-refractivity contribution is 5.78. The predicted octanol–water partition coefficient (Wildman–Crippen LogP) is 3.93. The van der Waals surface area contributed by atoms with E-state index in [0.717, 1.165) is 33.6 Å². The molecule has 2 N–H and O–H groups in total. The molecule has 24 heavy (non-hydrogen) atoms. The minimum Gasteiger partial charge on any atom is -0.496 e. The summed E-state index contributed by atoms with van der Waals surface area (Å²) in [5.41, 5.74) is 11.5. The summed E-state index contributed by atoms with van der Waals surface area (Å²) in [5.74, 6) is 0.520. The van der Waals surface area contributed by atoms with Crippen molar-refractivity contribution in [2.24, 2.45) is 5.73 Å². The largest absolute Gasteiger partial charge is 0.496 e. The topological polar surface area (TPSA) is 61.5 Å². The monoisotopic (exact) mass is 327 g/mol. The quantitative estimate of drug-likeness (QED) is 0.817. The van der Waals surface area contributed by atoms with Gasteiger partial charge in [-0.05, 0) is 49.1 Å².